The highest BCUT2D eigenvalue weighted by Crippen LogP contribution is 2.37. The molecule has 140 valence electrons. The Morgan fingerprint density at radius 1 is 1.18 bits per heavy atom. The number of esters is 1. The summed E-state index contributed by atoms with van der Waals surface area (Å²) in [5.74, 6) is 0.164. The molecule has 4 rings (SSSR count). The topological polar surface area (TPSA) is 75.9 Å². The summed E-state index contributed by atoms with van der Waals surface area (Å²) in [6.07, 6.45) is 2.53. The number of hydrogen-bond donors (Lipinski definition) is 0. The van der Waals surface area contributed by atoms with Crippen molar-refractivity contribution in [3.8, 4) is 17.3 Å². The maximum absolute atomic E-state index is 11.9. The van der Waals surface area contributed by atoms with Crippen LogP contribution in [0.5, 0.6) is 0 Å². The molecule has 0 N–H and O–H groups in total. The highest BCUT2D eigenvalue weighted by molar-refractivity contribution is 6.30. The van der Waals surface area contributed by atoms with Gasteiger partial charge in [0, 0.05) is 16.5 Å². The Labute approximate surface area is 167 Å². The van der Waals surface area contributed by atoms with Crippen LogP contribution >= 0.6 is 11.6 Å². The van der Waals surface area contributed by atoms with E-state index in [-0.39, 0.29) is 5.92 Å². The molecule has 0 aliphatic heterocycles. The predicted molar refractivity (Wildman–Crippen MR) is 107 cm³/mol. The summed E-state index contributed by atoms with van der Waals surface area (Å²) in [5, 5.41) is 9.71. The van der Waals surface area contributed by atoms with Gasteiger partial charge in [-0.1, -0.05) is 23.7 Å². The number of rotatable bonds is 4. The van der Waals surface area contributed by atoms with Gasteiger partial charge in [0.15, 0.2) is 0 Å². The van der Waals surface area contributed by atoms with Gasteiger partial charge in [0.05, 0.1) is 41.2 Å². The van der Waals surface area contributed by atoms with Crippen molar-refractivity contribution in [2.45, 2.75) is 19.3 Å². The van der Waals surface area contributed by atoms with Crippen molar-refractivity contribution in [3.05, 3.63) is 58.7 Å². The van der Waals surface area contributed by atoms with Gasteiger partial charge in [0.25, 0.3) is 0 Å². The SMILES string of the molecule is COC(=O)c1ccc2nc(-c3ccc(Cl)cc3)c(CC3CC(C#N)C3)nc2c1. The number of hydrogen-bond acceptors (Lipinski definition) is 5. The number of ether oxygens (including phenoxy) is 1. The normalized spacial score (nSPS) is 18.3. The third-order valence-electron chi connectivity index (χ3n) is 5.18. The fourth-order valence-electron chi connectivity index (χ4n) is 3.60. The van der Waals surface area contributed by atoms with Crippen LogP contribution in [0.25, 0.3) is 22.3 Å². The van der Waals surface area contributed by atoms with E-state index in [2.05, 4.69) is 6.07 Å². The monoisotopic (exact) mass is 391 g/mol. The number of nitrogens with zero attached hydrogens (tertiary/aromatic N) is 3. The highest BCUT2D eigenvalue weighted by Gasteiger charge is 2.30. The summed E-state index contributed by atoms with van der Waals surface area (Å²) < 4.78 is 4.80. The molecule has 1 aromatic heterocycles. The molecule has 0 amide bonds. The number of halogens is 1. The summed E-state index contributed by atoms with van der Waals surface area (Å²) in [6.45, 7) is 0. The molecule has 1 fully saturated rings. The first-order valence-electron chi connectivity index (χ1n) is 9.12. The van der Waals surface area contributed by atoms with Crippen LogP contribution in [0.3, 0.4) is 0 Å². The van der Waals surface area contributed by atoms with Gasteiger partial charge in [0.2, 0.25) is 0 Å². The third-order valence-corrected chi connectivity index (χ3v) is 5.43. The Hall–Kier alpha value is -2.97. The lowest BCUT2D eigenvalue weighted by atomic mass is 9.73. The quantitative estimate of drug-likeness (QED) is 0.595. The van der Waals surface area contributed by atoms with Gasteiger partial charge in [-0.3, -0.25) is 0 Å². The molecule has 6 heteroatoms. The molecule has 0 radical (unpaired) electrons. The molecule has 2 aromatic carbocycles. The summed E-state index contributed by atoms with van der Waals surface area (Å²) in [7, 11) is 1.36. The lowest BCUT2D eigenvalue weighted by Crippen LogP contribution is -2.24. The number of fused-ring (bicyclic) bond motifs is 1. The molecule has 1 aliphatic rings. The van der Waals surface area contributed by atoms with E-state index < -0.39 is 5.97 Å². The average molecular weight is 392 g/mol. The first-order valence-corrected chi connectivity index (χ1v) is 9.49. The molecule has 0 atom stereocenters. The average Bonchev–Trinajstić information content (AvgIpc) is 2.69. The zero-order valence-corrected chi connectivity index (χ0v) is 16.1. The van der Waals surface area contributed by atoms with Gasteiger partial charge in [-0.15, -0.1) is 0 Å². The van der Waals surface area contributed by atoms with E-state index in [1.54, 1.807) is 18.2 Å². The Balaban J connectivity index is 1.78. The standard InChI is InChI=1S/C22H18ClN3O2/c1-28-22(27)16-4-7-18-19(11-16)25-20(10-13-8-14(9-13)12-24)21(26-18)15-2-5-17(23)6-3-15/h2-7,11,13-14H,8-10H2,1H3. The molecule has 1 aliphatic carbocycles. The number of benzene rings is 2. The van der Waals surface area contributed by atoms with Crippen molar-refractivity contribution >= 4 is 28.6 Å². The van der Waals surface area contributed by atoms with Gasteiger partial charge < -0.3 is 4.74 Å². The zero-order chi connectivity index (χ0) is 19.7. The van der Waals surface area contributed by atoms with Crippen molar-refractivity contribution in [2.24, 2.45) is 11.8 Å². The Morgan fingerprint density at radius 2 is 1.93 bits per heavy atom. The number of nitriles is 1. The van der Waals surface area contributed by atoms with Crippen molar-refractivity contribution in [1.82, 2.24) is 9.97 Å². The maximum Gasteiger partial charge on any atom is 0.337 e. The smallest absolute Gasteiger partial charge is 0.337 e. The fourth-order valence-corrected chi connectivity index (χ4v) is 3.72. The van der Waals surface area contributed by atoms with Crippen molar-refractivity contribution in [3.63, 3.8) is 0 Å². The Kier molecular flexibility index (Phi) is 4.97. The van der Waals surface area contributed by atoms with Crippen molar-refractivity contribution < 1.29 is 9.53 Å². The summed E-state index contributed by atoms with van der Waals surface area (Å²) in [4.78, 5) is 21.5. The van der Waals surface area contributed by atoms with E-state index in [0.29, 0.717) is 27.5 Å². The Morgan fingerprint density at radius 3 is 2.61 bits per heavy atom. The van der Waals surface area contributed by atoms with Crippen LogP contribution in [0.2, 0.25) is 5.02 Å². The molecular weight excluding hydrogens is 374 g/mol. The molecule has 5 nitrogen and oxygen atoms in total. The lowest BCUT2D eigenvalue weighted by molar-refractivity contribution is 0.0601. The number of carbonyl (C=O) groups excluding carboxylic acids is 1. The van der Waals surface area contributed by atoms with Crippen LogP contribution in [-0.4, -0.2) is 23.0 Å². The molecule has 0 unspecified atom stereocenters. The van der Waals surface area contributed by atoms with Crippen LogP contribution in [0.15, 0.2) is 42.5 Å². The van der Waals surface area contributed by atoms with Crippen LogP contribution in [0, 0.1) is 23.2 Å². The predicted octanol–water partition coefficient (Wildman–Crippen LogP) is 4.83. The number of methoxy groups -OCH3 is 1. The van der Waals surface area contributed by atoms with E-state index in [9.17, 15) is 4.79 Å². The van der Waals surface area contributed by atoms with Crippen molar-refractivity contribution in [2.75, 3.05) is 7.11 Å². The van der Waals surface area contributed by atoms with Crippen molar-refractivity contribution in [1.29, 1.82) is 5.26 Å². The Bertz CT molecular complexity index is 1080. The minimum atomic E-state index is -0.400. The second-order valence-corrected chi connectivity index (χ2v) is 7.52. The van der Waals surface area contributed by atoms with Gasteiger partial charge in [0.1, 0.15) is 0 Å². The molecule has 1 heterocycles. The van der Waals surface area contributed by atoms with E-state index in [1.807, 2.05) is 24.3 Å². The number of carbonyl (C=O) groups is 1. The highest BCUT2D eigenvalue weighted by atomic mass is 35.5. The lowest BCUT2D eigenvalue weighted by Gasteiger charge is -2.30. The first-order chi connectivity index (χ1) is 13.6. The fraction of sp³-hybridized carbons (Fsp3) is 0.273. The second kappa shape index (κ2) is 7.57. The van der Waals surface area contributed by atoms with E-state index in [4.69, 9.17) is 31.6 Å². The molecule has 28 heavy (non-hydrogen) atoms. The first kappa shape index (κ1) is 18.4. The molecule has 3 aromatic rings. The molecule has 0 spiro atoms. The van der Waals surface area contributed by atoms with E-state index in [1.165, 1.54) is 7.11 Å². The molecule has 0 bridgehead atoms. The van der Waals surface area contributed by atoms with E-state index in [0.717, 1.165) is 36.2 Å². The van der Waals surface area contributed by atoms with Gasteiger partial charge in [-0.05, 0) is 55.5 Å². The van der Waals surface area contributed by atoms with E-state index >= 15 is 0 Å². The van der Waals surface area contributed by atoms with Crippen LogP contribution in [-0.2, 0) is 11.2 Å². The third kappa shape index (κ3) is 3.56. The zero-order valence-electron chi connectivity index (χ0n) is 15.4. The van der Waals surface area contributed by atoms with Gasteiger partial charge in [-0.25, -0.2) is 14.8 Å². The molecule has 0 saturated heterocycles. The minimum Gasteiger partial charge on any atom is -0.465 e. The van der Waals surface area contributed by atoms with Crippen LogP contribution in [0.4, 0.5) is 0 Å². The summed E-state index contributed by atoms with van der Waals surface area (Å²) >= 11 is 6.03. The number of aromatic nitrogens is 2. The largest absolute Gasteiger partial charge is 0.465 e. The van der Waals surface area contributed by atoms with Gasteiger partial charge in [-0.2, -0.15) is 5.26 Å². The summed E-state index contributed by atoms with van der Waals surface area (Å²) in [6, 6.07) is 15.0. The molecule has 1 saturated carbocycles. The maximum atomic E-state index is 11.9. The second-order valence-electron chi connectivity index (χ2n) is 7.09. The van der Waals surface area contributed by atoms with Crippen LogP contribution < -0.4 is 0 Å². The van der Waals surface area contributed by atoms with Gasteiger partial charge >= 0.3 is 5.97 Å². The van der Waals surface area contributed by atoms with Crippen LogP contribution in [0.1, 0.15) is 28.9 Å². The molecular formula is C22H18ClN3O2. The minimum absolute atomic E-state index is 0.142. The summed E-state index contributed by atoms with van der Waals surface area (Å²) in [5.41, 5.74) is 4.45.